The number of hydrogen-bond acceptors (Lipinski definition) is 5. The molecule has 0 radical (unpaired) electrons. The Bertz CT molecular complexity index is 734. The monoisotopic (exact) mass is 382 g/mol. The second-order valence-electron chi connectivity index (χ2n) is 5.20. The number of rotatable bonds is 8. The molecule has 0 atom stereocenters. The largest absolute Gasteiger partial charge is 0.495 e. The summed E-state index contributed by atoms with van der Waals surface area (Å²) in [6.07, 6.45) is 1.55. The molecule has 2 aromatic rings. The third-order valence-corrected chi connectivity index (χ3v) is 4.60. The number of methoxy groups -OCH3 is 1. The molecular formula is C17H19ClN2O4S. The van der Waals surface area contributed by atoms with Crippen molar-refractivity contribution in [1.29, 1.82) is 0 Å². The van der Waals surface area contributed by atoms with Gasteiger partial charge < -0.3 is 19.8 Å². The van der Waals surface area contributed by atoms with Gasteiger partial charge in [0.1, 0.15) is 11.5 Å². The number of anilines is 1. The van der Waals surface area contributed by atoms with Gasteiger partial charge in [0.15, 0.2) is 0 Å². The molecule has 6 nitrogen and oxygen atoms in total. The Kier molecular flexibility index (Phi) is 7.21. The van der Waals surface area contributed by atoms with Crippen LogP contribution in [0.3, 0.4) is 0 Å². The number of halogens is 1. The molecule has 0 fully saturated rings. The van der Waals surface area contributed by atoms with E-state index in [9.17, 15) is 9.59 Å². The van der Waals surface area contributed by atoms with Crippen molar-refractivity contribution >= 4 is 40.9 Å². The van der Waals surface area contributed by atoms with E-state index in [1.165, 1.54) is 18.9 Å². The molecule has 134 valence electrons. The molecule has 0 aliphatic rings. The first-order chi connectivity index (χ1) is 12.0. The third-order valence-electron chi connectivity index (χ3n) is 3.26. The highest BCUT2D eigenvalue weighted by Gasteiger charge is 2.11. The van der Waals surface area contributed by atoms with Crippen LogP contribution in [0, 0.1) is 6.92 Å². The molecule has 0 aliphatic carbocycles. The van der Waals surface area contributed by atoms with Gasteiger partial charge in [0, 0.05) is 11.1 Å². The van der Waals surface area contributed by atoms with Gasteiger partial charge >= 0.3 is 0 Å². The van der Waals surface area contributed by atoms with Crippen molar-refractivity contribution in [3.8, 4) is 5.75 Å². The maximum Gasteiger partial charge on any atom is 0.234 e. The normalized spacial score (nSPS) is 10.4. The molecule has 25 heavy (non-hydrogen) atoms. The van der Waals surface area contributed by atoms with E-state index in [0.717, 1.165) is 5.56 Å². The molecule has 0 spiro atoms. The number of carbonyl (C=O) groups excluding carboxylic acids is 2. The Hall–Kier alpha value is -2.12. The molecule has 1 aromatic carbocycles. The molecule has 0 bridgehead atoms. The molecule has 2 rings (SSSR count). The van der Waals surface area contributed by atoms with Gasteiger partial charge in [-0.3, -0.25) is 9.59 Å². The average Bonchev–Trinajstić information content (AvgIpc) is 3.09. The predicted molar refractivity (Wildman–Crippen MR) is 99.3 cm³/mol. The van der Waals surface area contributed by atoms with Crippen molar-refractivity contribution in [2.75, 3.05) is 23.9 Å². The van der Waals surface area contributed by atoms with Gasteiger partial charge in [-0.1, -0.05) is 11.6 Å². The predicted octanol–water partition coefficient (Wildman–Crippen LogP) is 3.24. The fourth-order valence-electron chi connectivity index (χ4n) is 2.00. The molecule has 0 unspecified atom stereocenters. The summed E-state index contributed by atoms with van der Waals surface area (Å²) in [4.78, 5) is 23.8. The quantitative estimate of drug-likeness (QED) is 0.732. The van der Waals surface area contributed by atoms with E-state index >= 15 is 0 Å². The van der Waals surface area contributed by atoms with Crippen molar-refractivity contribution in [1.82, 2.24) is 5.32 Å². The van der Waals surface area contributed by atoms with Crippen molar-refractivity contribution in [3.63, 3.8) is 0 Å². The van der Waals surface area contributed by atoms with Gasteiger partial charge in [0.05, 0.1) is 37.1 Å². The average molecular weight is 383 g/mol. The maximum atomic E-state index is 12.0. The summed E-state index contributed by atoms with van der Waals surface area (Å²) in [7, 11) is 1.51. The summed E-state index contributed by atoms with van der Waals surface area (Å²) in [6, 6.07) is 6.94. The van der Waals surface area contributed by atoms with Crippen LogP contribution in [0.4, 0.5) is 5.69 Å². The number of carbonyl (C=O) groups is 2. The lowest BCUT2D eigenvalue weighted by molar-refractivity contribution is -0.118. The van der Waals surface area contributed by atoms with Crippen LogP contribution in [0.1, 0.15) is 11.3 Å². The first-order valence-electron chi connectivity index (χ1n) is 7.50. The molecule has 0 aliphatic heterocycles. The van der Waals surface area contributed by atoms with Crippen molar-refractivity contribution in [2.45, 2.75) is 13.5 Å². The Labute approximate surface area is 155 Å². The van der Waals surface area contributed by atoms with E-state index in [2.05, 4.69) is 10.6 Å². The van der Waals surface area contributed by atoms with Crippen molar-refractivity contribution < 1.29 is 18.7 Å². The lowest BCUT2D eigenvalue weighted by Gasteiger charge is -2.12. The smallest absolute Gasteiger partial charge is 0.234 e. The zero-order chi connectivity index (χ0) is 18.2. The van der Waals surface area contributed by atoms with Crippen LogP contribution in [-0.4, -0.2) is 30.4 Å². The van der Waals surface area contributed by atoms with Gasteiger partial charge in [-0.05, 0) is 30.7 Å². The van der Waals surface area contributed by atoms with Gasteiger partial charge in [-0.25, -0.2) is 0 Å². The fourth-order valence-corrected chi connectivity index (χ4v) is 2.80. The lowest BCUT2D eigenvalue weighted by Crippen LogP contribution is -2.25. The molecule has 0 saturated carbocycles. The Morgan fingerprint density at radius 2 is 2.04 bits per heavy atom. The summed E-state index contributed by atoms with van der Waals surface area (Å²) in [6.45, 7) is 2.18. The first kappa shape index (κ1) is 19.2. The third kappa shape index (κ3) is 6.03. The molecule has 8 heteroatoms. The van der Waals surface area contributed by atoms with Crippen LogP contribution < -0.4 is 15.4 Å². The van der Waals surface area contributed by atoms with Crippen LogP contribution >= 0.6 is 23.4 Å². The highest BCUT2D eigenvalue weighted by atomic mass is 35.5. The highest BCUT2D eigenvalue weighted by molar-refractivity contribution is 8.00. The molecule has 2 amide bonds. The second kappa shape index (κ2) is 9.39. The summed E-state index contributed by atoms with van der Waals surface area (Å²) < 4.78 is 10.3. The molecular weight excluding hydrogens is 364 g/mol. The molecule has 2 N–H and O–H groups in total. The van der Waals surface area contributed by atoms with Crippen molar-refractivity contribution in [3.05, 3.63) is 46.9 Å². The lowest BCUT2D eigenvalue weighted by atomic mass is 10.2. The SMILES string of the molecule is COc1cc(Cl)c(C)cc1NC(=O)CSCC(=O)NCc1ccco1. The molecule has 1 heterocycles. The minimum absolute atomic E-state index is 0.152. The molecule has 0 saturated heterocycles. The summed E-state index contributed by atoms with van der Waals surface area (Å²) in [5.74, 6) is 1.13. The zero-order valence-corrected chi connectivity index (χ0v) is 15.5. The van der Waals surface area contributed by atoms with Crippen LogP contribution in [0.15, 0.2) is 34.9 Å². The van der Waals surface area contributed by atoms with E-state index in [1.54, 1.807) is 30.5 Å². The maximum absolute atomic E-state index is 12.0. The number of nitrogens with one attached hydrogen (secondary N) is 2. The first-order valence-corrected chi connectivity index (χ1v) is 9.03. The van der Waals surface area contributed by atoms with Crippen LogP contribution in [0.2, 0.25) is 5.02 Å². The van der Waals surface area contributed by atoms with Crippen LogP contribution in [0.5, 0.6) is 5.75 Å². The topological polar surface area (TPSA) is 80.6 Å². The number of benzene rings is 1. The fraction of sp³-hybridized carbons (Fsp3) is 0.294. The number of hydrogen-bond donors (Lipinski definition) is 2. The van der Waals surface area contributed by atoms with Gasteiger partial charge in [0.25, 0.3) is 0 Å². The van der Waals surface area contributed by atoms with Crippen molar-refractivity contribution in [2.24, 2.45) is 0 Å². The highest BCUT2D eigenvalue weighted by Crippen LogP contribution is 2.30. The number of ether oxygens (including phenoxy) is 1. The van der Waals surface area contributed by atoms with Crippen LogP contribution in [-0.2, 0) is 16.1 Å². The van der Waals surface area contributed by atoms with E-state index in [1.807, 2.05) is 6.92 Å². The van der Waals surface area contributed by atoms with Gasteiger partial charge in [-0.15, -0.1) is 11.8 Å². The Balaban J connectivity index is 1.75. The minimum Gasteiger partial charge on any atom is -0.495 e. The Morgan fingerprint density at radius 1 is 1.28 bits per heavy atom. The van der Waals surface area contributed by atoms with E-state index in [0.29, 0.717) is 28.8 Å². The summed E-state index contributed by atoms with van der Waals surface area (Å²) in [5.41, 5.74) is 1.39. The van der Waals surface area contributed by atoms with E-state index in [-0.39, 0.29) is 23.3 Å². The number of amides is 2. The summed E-state index contributed by atoms with van der Waals surface area (Å²) in [5, 5.41) is 6.06. The Morgan fingerprint density at radius 3 is 2.72 bits per heavy atom. The van der Waals surface area contributed by atoms with Crippen LogP contribution in [0.25, 0.3) is 0 Å². The standard InChI is InChI=1S/C17H19ClN2O4S/c1-11-6-14(15(23-2)7-13(11)18)20-17(22)10-25-9-16(21)19-8-12-4-3-5-24-12/h3-7H,8-10H2,1-2H3,(H,19,21)(H,20,22). The summed E-state index contributed by atoms with van der Waals surface area (Å²) >= 11 is 7.26. The van der Waals surface area contributed by atoms with Gasteiger partial charge in [-0.2, -0.15) is 0 Å². The second-order valence-corrected chi connectivity index (χ2v) is 6.59. The van der Waals surface area contributed by atoms with E-state index < -0.39 is 0 Å². The van der Waals surface area contributed by atoms with E-state index in [4.69, 9.17) is 20.8 Å². The number of aryl methyl sites for hydroxylation is 1. The zero-order valence-electron chi connectivity index (χ0n) is 13.9. The molecule has 1 aromatic heterocycles. The number of thioether (sulfide) groups is 1. The number of furan rings is 1. The minimum atomic E-state index is -0.219. The van der Waals surface area contributed by atoms with Gasteiger partial charge in [0.2, 0.25) is 11.8 Å².